The summed E-state index contributed by atoms with van der Waals surface area (Å²) in [5.41, 5.74) is 2.62. The molecule has 1 aromatic heterocycles. The molecule has 4 rings (SSSR count). The smallest absolute Gasteiger partial charge is 0.0972 e. The van der Waals surface area contributed by atoms with Crippen LogP contribution in [0, 0.1) is 0 Å². The third kappa shape index (κ3) is 4.69. The minimum atomic E-state index is 0.734. The molecule has 0 spiro atoms. The van der Waals surface area contributed by atoms with Gasteiger partial charge in [0.15, 0.2) is 0 Å². The Morgan fingerprint density at radius 2 is 1.84 bits per heavy atom. The van der Waals surface area contributed by atoms with Crippen LogP contribution in [-0.2, 0) is 13.0 Å². The highest BCUT2D eigenvalue weighted by atomic mass is 32.1. The lowest BCUT2D eigenvalue weighted by Gasteiger charge is -2.32. The second kappa shape index (κ2) is 8.43. The lowest BCUT2D eigenvalue weighted by atomic mass is 10.1. The van der Waals surface area contributed by atoms with Gasteiger partial charge in [0.1, 0.15) is 0 Å². The predicted molar refractivity (Wildman–Crippen MR) is 105 cm³/mol. The van der Waals surface area contributed by atoms with Gasteiger partial charge < -0.3 is 4.90 Å². The Labute approximate surface area is 155 Å². The highest BCUT2D eigenvalue weighted by Crippen LogP contribution is 2.23. The monoisotopic (exact) mass is 355 g/mol. The fourth-order valence-electron chi connectivity index (χ4n) is 4.23. The molecule has 2 aliphatic heterocycles. The molecule has 0 aliphatic carbocycles. The predicted octanol–water partition coefficient (Wildman–Crippen LogP) is 4.18. The molecule has 2 aliphatic rings. The molecule has 0 bridgehead atoms. The maximum absolute atomic E-state index is 4.91. The van der Waals surface area contributed by atoms with Crippen molar-refractivity contribution in [1.82, 2.24) is 14.8 Å². The number of rotatable bonds is 6. The third-order valence-electron chi connectivity index (χ3n) is 5.58. The molecule has 0 saturated carbocycles. The van der Waals surface area contributed by atoms with Gasteiger partial charge in [-0.25, -0.2) is 4.98 Å². The fraction of sp³-hybridized carbons (Fsp3) is 0.571. The molecule has 2 aromatic rings. The van der Waals surface area contributed by atoms with E-state index in [4.69, 9.17) is 4.98 Å². The largest absolute Gasteiger partial charge is 0.302 e. The maximum Gasteiger partial charge on any atom is 0.0972 e. The number of piperidine rings is 1. The Hall–Kier alpha value is -1.23. The first kappa shape index (κ1) is 17.2. The quantitative estimate of drug-likeness (QED) is 0.775. The van der Waals surface area contributed by atoms with Crippen LogP contribution < -0.4 is 0 Å². The van der Waals surface area contributed by atoms with Crippen molar-refractivity contribution in [1.29, 1.82) is 0 Å². The minimum absolute atomic E-state index is 0.734. The molecule has 3 heterocycles. The van der Waals surface area contributed by atoms with Crippen LogP contribution in [0.2, 0.25) is 0 Å². The molecule has 1 unspecified atom stereocenters. The lowest BCUT2D eigenvalue weighted by Crippen LogP contribution is -2.42. The number of hydrogen-bond acceptors (Lipinski definition) is 4. The van der Waals surface area contributed by atoms with Gasteiger partial charge in [-0.05, 0) is 50.9 Å². The van der Waals surface area contributed by atoms with Gasteiger partial charge in [-0.3, -0.25) is 4.90 Å². The second-order valence-electron chi connectivity index (χ2n) is 7.52. The van der Waals surface area contributed by atoms with Crippen LogP contribution in [0.15, 0.2) is 35.7 Å². The highest BCUT2D eigenvalue weighted by Gasteiger charge is 2.27. The zero-order valence-corrected chi connectivity index (χ0v) is 15.9. The summed E-state index contributed by atoms with van der Waals surface area (Å²) in [7, 11) is 0. The van der Waals surface area contributed by atoms with Crippen molar-refractivity contribution in [3.63, 3.8) is 0 Å². The summed E-state index contributed by atoms with van der Waals surface area (Å²) < 4.78 is 0. The SMILES string of the molecule is c1ccc(Cc2nc(CN3CCCC3CN3CCCCC3)cs2)cc1. The second-order valence-corrected chi connectivity index (χ2v) is 8.47. The lowest BCUT2D eigenvalue weighted by molar-refractivity contribution is 0.148. The molecule has 2 saturated heterocycles. The van der Waals surface area contributed by atoms with Crippen LogP contribution in [0.4, 0.5) is 0 Å². The average molecular weight is 356 g/mol. The van der Waals surface area contributed by atoms with E-state index in [1.165, 1.54) is 74.5 Å². The van der Waals surface area contributed by atoms with Crippen molar-refractivity contribution in [2.45, 2.75) is 51.1 Å². The van der Waals surface area contributed by atoms with Gasteiger partial charge in [0.05, 0.1) is 10.7 Å². The Balaban J connectivity index is 1.33. The van der Waals surface area contributed by atoms with Gasteiger partial charge in [0.2, 0.25) is 0 Å². The van der Waals surface area contributed by atoms with Gasteiger partial charge in [-0.2, -0.15) is 0 Å². The normalized spacial score (nSPS) is 22.5. The minimum Gasteiger partial charge on any atom is -0.302 e. The van der Waals surface area contributed by atoms with Crippen LogP contribution in [0.3, 0.4) is 0 Å². The molecule has 4 heteroatoms. The molecular weight excluding hydrogens is 326 g/mol. The van der Waals surface area contributed by atoms with Crippen LogP contribution in [-0.4, -0.2) is 47.0 Å². The summed E-state index contributed by atoms with van der Waals surface area (Å²) in [6.07, 6.45) is 7.87. The van der Waals surface area contributed by atoms with Crippen LogP contribution in [0.25, 0.3) is 0 Å². The molecule has 1 atom stereocenters. The summed E-state index contributed by atoms with van der Waals surface area (Å²) in [5, 5.41) is 3.52. The van der Waals surface area contributed by atoms with Gasteiger partial charge in [-0.1, -0.05) is 36.8 Å². The highest BCUT2D eigenvalue weighted by molar-refractivity contribution is 7.09. The summed E-state index contributed by atoms with van der Waals surface area (Å²) in [4.78, 5) is 10.3. The first-order valence-corrected chi connectivity index (χ1v) is 10.7. The van der Waals surface area contributed by atoms with E-state index in [0.29, 0.717) is 0 Å². The zero-order valence-electron chi connectivity index (χ0n) is 15.1. The summed E-state index contributed by atoms with van der Waals surface area (Å²) in [5.74, 6) is 0. The van der Waals surface area contributed by atoms with Crippen molar-refractivity contribution in [2.75, 3.05) is 26.2 Å². The van der Waals surface area contributed by atoms with Gasteiger partial charge in [0.25, 0.3) is 0 Å². The average Bonchev–Trinajstić information content (AvgIpc) is 3.27. The van der Waals surface area contributed by atoms with Crippen molar-refractivity contribution < 1.29 is 0 Å². The van der Waals surface area contributed by atoms with Crippen LogP contribution in [0.1, 0.15) is 48.4 Å². The van der Waals surface area contributed by atoms with E-state index in [2.05, 4.69) is 45.5 Å². The number of nitrogens with zero attached hydrogens (tertiary/aromatic N) is 3. The number of benzene rings is 1. The molecule has 1 aromatic carbocycles. The van der Waals surface area contributed by atoms with E-state index >= 15 is 0 Å². The maximum atomic E-state index is 4.91. The van der Waals surface area contributed by atoms with Crippen molar-refractivity contribution in [3.8, 4) is 0 Å². The van der Waals surface area contributed by atoms with Crippen LogP contribution in [0.5, 0.6) is 0 Å². The van der Waals surface area contributed by atoms with E-state index < -0.39 is 0 Å². The standard InChI is InChI=1S/C21H29N3S/c1-3-8-18(9-4-1)14-21-22-19(17-25-21)15-24-13-7-10-20(24)16-23-11-5-2-6-12-23/h1,3-4,8-9,17,20H,2,5-7,10-16H2. The molecule has 0 radical (unpaired) electrons. The molecule has 25 heavy (non-hydrogen) atoms. The first-order valence-electron chi connectivity index (χ1n) is 9.80. The van der Waals surface area contributed by atoms with Crippen molar-refractivity contribution in [3.05, 3.63) is 52.0 Å². The van der Waals surface area contributed by atoms with Gasteiger partial charge >= 0.3 is 0 Å². The van der Waals surface area contributed by atoms with Gasteiger partial charge in [-0.15, -0.1) is 11.3 Å². The Kier molecular flexibility index (Phi) is 5.80. The molecule has 3 nitrogen and oxygen atoms in total. The number of aromatic nitrogens is 1. The number of likely N-dealkylation sites (tertiary alicyclic amines) is 2. The van der Waals surface area contributed by atoms with Gasteiger partial charge in [0, 0.05) is 30.9 Å². The summed E-state index contributed by atoms with van der Waals surface area (Å²) in [6, 6.07) is 11.4. The topological polar surface area (TPSA) is 19.4 Å². The first-order chi connectivity index (χ1) is 12.4. The van der Waals surface area contributed by atoms with Crippen molar-refractivity contribution >= 4 is 11.3 Å². The third-order valence-corrected chi connectivity index (χ3v) is 6.48. The zero-order chi connectivity index (χ0) is 16.9. The van der Waals surface area contributed by atoms with E-state index in [-0.39, 0.29) is 0 Å². The molecule has 134 valence electrons. The van der Waals surface area contributed by atoms with E-state index in [1.54, 1.807) is 0 Å². The summed E-state index contributed by atoms with van der Waals surface area (Å²) >= 11 is 1.82. The van der Waals surface area contributed by atoms with Crippen LogP contribution >= 0.6 is 11.3 Å². The fourth-order valence-corrected chi connectivity index (χ4v) is 5.05. The van der Waals surface area contributed by atoms with Crippen molar-refractivity contribution in [2.24, 2.45) is 0 Å². The molecular formula is C21H29N3S. The number of thiazole rings is 1. The molecule has 0 amide bonds. The Morgan fingerprint density at radius 1 is 1.00 bits per heavy atom. The number of hydrogen-bond donors (Lipinski definition) is 0. The molecule has 0 N–H and O–H groups in total. The Morgan fingerprint density at radius 3 is 2.68 bits per heavy atom. The van der Waals surface area contributed by atoms with E-state index in [0.717, 1.165) is 19.0 Å². The van der Waals surface area contributed by atoms with E-state index in [9.17, 15) is 0 Å². The van der Waals surface area contributed by atoms with E-state index in [1.807, 2.05) is 11.3 Å². The summed E-state index contributed by atoms with van der Waals surface area (Å²) in [6.45, 7) is 6.15. The Bertz CT molecular complexity index is 648. The molecule has 2 fully saturated rings.